The van der Waals surface area contributed by atoms with E-state index in [1.54, 1.807) is 11.0 Å². The van der Waals surface area contributed by atoms with Gasteiger partial charge in [0.1, 0.15) is 12.2 Å². The second-order valence-electron chi connectivity index (χ2n) is 7.73. The molecule has 0 spiro atoms. The molecule has 2 N–H and O–H groups in total. The average molecular weight is 527 g/mol. The van der Waals surface area contributed by atoms with E-state index in [9.17, 15) is 0 Å². The lowest BCUT2D eigenvalue weighted by molar-refractivity contribution is 0.0353. The van der Waals surface area contributed by atoms with Gasteiger partial charge in [-0.3, -0.25) is 9.67 Å². The second kappa shape index (κ2) is 11.6. The molecule has 1 fully saturated rings. The molecular formula is C21H34IN7O. The SMILES string of the molecule is CN=C(NCC1(NC(C)c2ccccc2)CCOCC1)N(C)Cc1ncnn1C.I. The van der Waals surface area contributed by atoms with E-state index in [1.807, 2.05) is 21.1 Å². The largest absolute Gasteiger partial charge is 0.381 e. The van der Waals surface area contributed by atoms with E-state index in [1.165, 1.54) is 5.56 Å². The van der Waals surface area contributed by atoms with Gasteiger partial charge in [0.05, 0.1) is 6.54 Å². The highest BCUT2D eigenvalue weighted by Crippen LogP contribution is 2.25. The Kier molecular flexibility index (Phi) is 9.50. The van der Waals surface area contributed by atoms with Crippen molar-refractivity contribution in [2.75, 3.05) is 33.9 Å². The van der Waals surface area contributed by atoms with E-state index in [0.29, 0.717) is 6.54 Å². The maximum absolute atomic E-state index is 5.65. The van der Waals surface area contributed by atoms with Crippen LogP contribution in [-0.2, 0) is 18.3 Å². The van der Waals surface area contributed by atoms with Crippen molar-refractivity contribution in [3.63, 3.8) is 0 Å². The molecule has 1 atom stereocenters. The predicted octanol–water partition coefficient (Wildman–Crippen LogP) is 2.34. The zero-order chi connectivity index (χ0) is 20.7. The van der Waals surface area contributed by atoms with Gasteiger partial charge in [0, 0.05) is 52.5 Å². The highest BCUT2D eigenvalue weighted by molar-refractivity contribution is 14.0. The monoisotopic (exact) mass is 527 g/mol. The Morgan fingerprint density at radius 1 is 1.30 bits per heavy atom. The van der Waals surface area contributed by atoms with E-state index in [-0.39, 0.29) is 35.6 Å². The van der Waals surface area contributed by atoms with Gasteiger partial charge < -0.3 is 20.3 Å². The summed E-state index contributed by atoms with van der Waals surface area (Å²) in [4.78, 5) is 10.8. The summed E-state index contributed by atoms with van der Waals surface area (Å²) in [5.74, 6) is 1.74. The number of nitrogens with zero attached hydrogens (tertiary/aromatic N) is 5. The first kappa shape index (κ1) is 24.5. The Morgan fingerprint density at radius 3 is 2.60 bits per heavy atom. The summed E-state index contributed by atoms with van der Waals surface area (Å²) in [5, 5.41) is 11.6. The number of aryl methyl sites for hydroxylation is 1. The smallest absolute Gasteiger partial charge is 0.193 e. The Morgan fingerprint density at radius 2 is 2.00 bits per heavy atom. The van der Waals surface area contributed by atoms with Crippen molar-refractivity contribution < 1.29 is 4.74 Å². The molecule has 1 saturated heterocycles. The van der Waals surface area contributed by atoms with Crippen LogP contribution in [-0.4, -0.2) is 65.0 Å². The molecule has 0 bridgehead atoms. The van der Waals surface area contributed by atoms with Crippen LogP contribution in [0.15, 0.2) is 41.7 Å². The van der Waals surface area contributed by atoms with Crippen molar-refractivity contribution in [3.8, 4) is 0 Å². The van der Waals surface area contributed by atoms with Gasteiger partial charge in [-0.15, -0.1) is 24.0 Å². The van der Waals surface area contributed by atoms with Crippen molar-refractivity contribution in [1.29, 1.82) is 0 Å². The zero-order valence-corrected chi connectivity index (χ0v) is 20.7. The predicted molar refractivity (Wildman–Crippen MR) is 130 cm³/mol. The zero-order valence-electron chi connectivity index (χ0n) is 18.3. The first-order valence-electron chi connectivity index (χ1n) is 10.2. The second-order valence-corrected chi connectivity index (χ2v) is 7.73. The van der Waals surface area contributed by atoms with E-state index in [4.69, 9.17) is 4.74 Å². The third-order valence-electron chi connectivity index (χ3n) is 5.61. The molecule has 1 unspecified atom stereocenters. The minimum Gasteiger partial charge on any atom is -0.381 e. The molecule has 0 saturated carbocycles. The van der Waals surface area contributed by atoms with E-state index in [0.717, 1.165) is 44.4 Å². The van der Waals surface area contributed by atoms with Crippen LogP contribution in [0, 0.1) is 0 Å². The molecule has 1 aromatic heterocycles. The Balaban J connectivity index is 0.00000320. The van der Waals surface area contributed by atoms with Gasteiger partial charge in [-0.1, -0.05) is 30.3 Å². The van der Waals surface area contributed by atoms with Gasteiger partial charge in [-0.05, 0) is 25.3 Å². The number of aromatic nitrogens is 3. The van der Waals surface area contributed by atoms with Crippen molar-refractivity contribution in [3.05, 3.63) is 48.0 Å². The van der Waals surface area contributed by atoms with E-state index >= 15 is 0 Å². The number of benzene rings is 1. The molecule has 1 aliphatic heterocycles. The van der Waals surface area contributed by atoms with Crippen molar-refractivity contribution in [2.45, 2.75) is 37.9 Å². The molecule has 3 rings (SSSR count). The number of aliphatic imine (C=N–C) groups is 1. The molecule has 1 aromatic carbocycles. The molecule has 2 heterocycles. The number of hydrogen-bond donors (Lipinski definition) is 2. The summed E-state index contributed by atoms with van der Waals surface area (Å²) >= 11 is 0. The van der Waals surface area contributed by atoms with Crippen LogP contribution in [0.5, 0.6) is 0 Å². The van der Waals surface area contributed by atoms with Crippen LogP contribution in [0.25, 0.3) is 0 Å². The summed E-state index contributed by atoms with van der Waals surface area (Å²) in [6, 6.07) is 10.8. The fourth-order valence-corrected chi connectivity index (χ4v) is 3.80. The van der Waals surface area contributed by atoms with E-state index < -0.39 is 0 Å². The normalized spacial score (nSPS) is 17.1. The van der Waals surface area contributed by atoms with Gasteiger partial charge in [0.15, 0.2) is 5.96 Å². The van der Waals surface area contributed by atoms with Crippen LogP contribution >= 0.6 is 24.0 Å². The third kappa shape index (κ3) is 6.39. The van der Waals surface area contributed by atoms with Crippen molar-refractivity contribution in [2.24, 2.45) is 12.0 Å². The first-order valence-corrected chi connectivity index (χ1v) is 10.2. The molecule has 1 aliphatic rings. The van der Waals surface area contributed by atoms with Gasteiger partial charge >= 0.3 is 0 Å². The number of halogens is 1. The lowest BCUT2D eigenvalue weighted by Crippen LogP contribution is -2.58. The third-order valence-corrected chi connectivity index (χ3v) is 5.61. The van der Waals surface area contributed by atoms with Crippen molar-refractivity contribution >= 4 is 29.9 Å². The summed E-state index contributed by atoms with van der Waals surface area (Å²) in [5.41, 5.74) is 1.25. The number of hydrogen-bond acceptors (Lipinski definition) is 5. The maximum atomic E-state index is 5.65. The summed E-state index contributed by atoms with van der Waals surface area (Å²) in [6.07, 6.45) is 3.49. The Hall–Kier alpha value is -1.72. The molecule has 0 radical (unpaired) electrons. The fourth-order valence-electron chi connectivity index (χ4n) is 3.80. The molecule has 0 aliphatic carbocycles. The van der Waals surface area contributed by atoms with Crippen LogP contribution in [0.1, 0.15) is 37.2 Å². The standard InChI is InChI=1S/C21H33N7O.HI/c1-17(18-8-6-5-7-9-18)26-21(10-12-29-13-11-21)15-23-20(22-2)27(3)14-19-24-16-25-28(19)4;/h5-9,16-17,26H,10-15H2,1-4H3,(H,22,23);1H. The van der Waals surface area contributed by atoms with Crippen LogP contribution in [0.3, 0.4) is 0 Å². The molecule has 166 valence electrons. The summed E-state index contributed by atoms with van der Waals surface area (Å²) in [7, 11) is 5.73. The minimum atomic E-state index is -0.0466. The Labute approximate surface area is 196 Å². The van der Waals surface area contributed by atoms with Crippen LogP contribution in [0.2, 0.25) is 0 Å². The average Bonchev–Trinajstić information content (AvgIpc) is 3.14. The number of guanidine groups is 1. The fraction of sp³-hybridized carbons (Fsp3) is 0.571. The quantitative estimate of drug-likeness (QED) is 0.327. The minimum absolute atomic E-state index is 0. The summed E-state index contributed by atoms with van der Waals surface area (Å²) < 4.78 is 7.43. The van der Waals surface area contributed by atoms with E-state index in [2.05, 4.69) is 67.9 Å². The maximum Gasteiger partial charge on any atom is 0.193 e. The number of ether oxygens (including phenoxy) is 1. The number of nitrogens with one attached hydrogen (secondary N) is 2. The topological polar surface area (TPSA) is 79.6 Å². The highest BCUT2D eigenvalue weighted by atomic mass is 127. The van der Waals surface area contributed by atoms with Crippen LogP contribution in [0.4, 0.5) is 0 Å². The van der Waals surface area contributed by atoms with Gasteiger partial charge in [-0.2, -0.15) is 5.10 Å². The van der Waals surface area contributed by atoms with Crippen molar-refractivity contribution in [1.82, 2.24) is 30.3 Å². The van der Waals surface area contributed by atoms with Crippen LogP contribution < -0.4 is 10.6 Å². The highest BCUT2D eigenvalue weighted by Gasteiger charge is 2.34. The van der Waals surface area contributed by atoms with Gasteiger partial charge in [0.2, 0.25) is 0 Å². The molecule has 0 amide bonds. The lowest BCUT2D eigenvalue weighted by Gasteiger charge is -2.41. The molecule has 30 heavy (non-hydrogen) atoms. The van der Waals surface area contributed by atoms with Gasteiger partial charge in [0.25, 0.3) is 0 Å². The first-order chi connectivity index (χ1) is 14.0. The summed E-state index contributed by atoms with van der Waals surface area (Å²) in [6.45, 7) is 5.18. The molecule has 8 nitrogen and oxygen atoms in total. The molecule has 9 heteroatoms. The van der Waals surface area contributed by atoms with Gasteiger partial charge in [-0.25, -0.2) is 4.98 Å². The molecular weight excluding hydrogens is 493 g/mol. The number of rotatable bonds is 7. The Bertz CT molecular complexity index is 790. The lowest BCUT2D eigenvalue weighted by atomic mass is 9.88. The molecule has 2 aromatic rings.